The molecule has 1 heterocycles. The average Bonchev–Trinajstić information content (AvgIpc) is 2.54. The van der Waals surface area contributed by atoms with Crippen LogP contribution in [0.3, 0.4) is 0 Å². The zero-order valence-electron chi connectivity index (χ0n) is 12.3. The van der Waals surface area contributed by atoms with Gasteiger partial charge in [0.05, 0.1) is 10.6 Å². The minimum atomic E-state index is -4.71. The molecule has 0 aliphatic carbocycles. The summed E-state index contributed by atoms with van der Waals surface area (Å²) in [6, 6.07) is 9.94. The van der Waals surface area contributed by atoms with Gasteiger partial charge in [-0.25, -0.2) is 0 Å². The van der Waals surface area contributed by atoms with E-state index >= 15 is 0 Å². The maximum Gasteiger partial charge on any atom is 0.416 e. The highest BCUT2D eigenvalue weighted by atomic mass is 35.5. The van der Waals surface area contributed by atoms with E-state index in [0.717, 1.165) is 6.07 Å². The number of fused-ring (bicyclic) bond motifs is 1. The van der Waals surface area contributed by atoms with Gasteiger partial charge in [-0.15, -0.1) is 0 Å². The van der Waals surface area contributed by atoms with E-state index in [0.29, 0.717) is 17.5 Å². The fraction of sp³-hybridized carbons (Fsp3) is 0.0625. The Balaban J connectivity index is 2.08. The standard InChI is InChI=1S/C16H9ClF3NO3S/c17-12-7-6-11(16(18,19)20)9-14(12)25(22,23)24-13-5-1-3-10-4-2-8-21-15(10)13/h1-9H. The Morgan fingerprint density at radius 1 is 1.04 bits per heavy atom. The lowest BCUT2D eigenvalue weighted by Gasteiger charge is -2.12. The molecule has 0 fully saturated rings. The highest BCUT2D eigenvalue weighted by Gasteiger charge is 2.33. The number of para-hydroxylation sites is 1. The Kier molecular flexibility index (Phi) is 4.34. The van der Waals surface area contributed by atoms with Gasteiger partial charge in [0, 0.05) is 11.6 Å². The van der Waals surface area contributed by atoms with Crippen molar-refractivity contribution in [1.82, 2.24) is 4.98 Å². The summed E-state index contributed by atoms with van der Waals surface area (Å²) in [6.07, 6.45) is -3.27. The second kappa shape index (κ2) is 6.20. The molecule has 130 valence electrons. The molecule has 25 heavy (non-hydrogen) atoms. The number of halogens is 4. The van der Waals surface area contributed by atoms with Crippen molar-refractivity contribution in [2.45, 2.75) is 11.1 Å². The topological polar surface area (TPSA) is 56.3 Å². The van der Waals surface area contributed by atoms with Crippen molar-refractivity contribution in [2.75, 3.05) is 0 Å². The van der Waals surface area contributed by atoms with Gasteiger partial charge in [-0.2, -0.15) is 21.6 Å². The van der Waals surface area contributed by atoms with Gasteiger partial charge in [0.25, 0.3) is 0 Å². The van der Waals surface area contributed by atoms with Gasteiger partial charge in [-0.05, 0) is 30.3 Å². The van der Waals surface area contributed by atoms with Crippen molar-refractivity contribution in [3.63, 3.8) is 0 Å². The number of alkyl halides is 3. The highest BCUT2D eigenvalue weighted by Crippen LogP contribution is 2.35. The second-order valence-corrected chi connectivity index (χ2v) is 6.93. The van der Waals surface area contributed by atoms with Crippen LogP contribution in [0, 0.1) is 0 Å². The van der Waals surface area contributed by atoms with Crippen LogP contribution in [0.4, 0.5) is 13.2 Å². The summed E-state index contributed by atoms with van der Waals surface area (Å²) in [5.74, 6) is -0.105. The van der Waals surface area contributed by atoms with E-state index in [4.69, 9.17) is 15.8 Å². The van der Waals surface area contributed by atoms with Gasteiger partial charge >= 0.3 is 16.3 Å². The van der Waals surface area contributed by atoms with Crippen LogP contribution in [-0.4, -0.2) is 13.4 Å². The van der Waals surface area contributed by atoms with Crippen LogP contribution in [0.25, 0.3) is 10.9 Å². The molecule has 3 rings (SSSR count). The molecule has 1 aromatic heterocycles. The lowest BCUT2D eigenvalue weighted by Crippen LogP contribution is -2.13. The monoisotopic (exact) mass is 387 g/mol. The molecule has 0 spiro atoms. The van der Waals surface area contributed by atoms with E-state index in [9.17, 15) is 21.6 Å². The molecule has 0 atom stereocenters. The normalized spacial score (nSPS) is 12.3. The van der Waals surface area contributed by atoms with Crippen molar-refractivity contribution in [1.29, 1.82) is 0 Å². The van der Waals surface area contributed by atoms with Crippen molar-refractivity contribution in [3.05, 3.63) is 65.3 Å². The molecule has 0 saturated heterocycles. The molecule has 0 aliphatic rings. The predicted octanol–water partition coefficient (Wildman–Crippen LogP) is 4.67. The van der Waals surface area contributed by atoms with Crippen LogP contribution >= 0.6 is 11.6 Å². The van der Waals surface area contributed by atoms with Crippen LogP contribution in [0.2, 0.25) is 5.02 Å². The average molecular weight is 388 g/mol. The summed E-state index contributed by atoms with van der Waals surface area (Å²) >= 11 is 5.77. The minimum Gasteiger partial charge on any atom is -0.377 e. The van der Waals surface area contributed by atoms with Gasteiger partial charge in [0.2, 0.25) is 0 Å². The van der Waals surface area contributed by atoms with Crippen molar-refractivity contribution < 1.29 is 25.8 Å². The van der Waals surface area contributed by atoms with Crippen LogP contribution in [0.5, 0.6) is 5.75 Å². The van der Waals surface area contributed by atoms with Gasteiger partial charge in [-0.3, -0.25) is 4.98 Å². The largest absolute Gasteiger partial charge is 0.416 e. The first kappa shape index (κ1) is 17.5. The molecule has 4 nitrogen and oxygen atoms in total. The number of nitrogens with zero attached hydrogens (tertiary/aromatic N) is 1. The summed E-state index contributed by atoms with van der Waals surface area (Å²) in [5.41, 5.74) is -0.883. The van der Waals surface area contributed by atoms with E-state index in [2.05, 4.69) is 4.98 Å². The lowest BCUT2D eigenvalue weighted by molar-refractivity contribution is -0.137. The molecular formula is C16H9ClF3NO3S. The first-order valence-electron chi connectivity index (χ1n) is 6.83. The minimum absolute atomic E-state index is 0.105. The fourth-order valence-electron chi connectivity index (χ4n) is 2.18. The van der Waals surface area contributed by atoms with Crippen LogP contribution in [0.15, 0.2) is 59.6 Å². The maximum atomic E-state index is 12.8. The van der Waals surface area contributed by atoms with E-state index in [1.165, 1.54) is 12.3 Å². The number of aromatic nitrogens is 1. The Morgan fingerprint density at radius 3 is 2.48 bits per heavy atom. The molecule has 0 amide bonds. The molecule has 0 radical (unpaired) electrons. The van der Waals surface area contributed by atoms with Crippen LogP contribution in [-0.2, 0) is 16.3 Å². The van der Waals surface area contributed by atoms with E-state index in [1.54, 1.807) is 24.3 Å². The van der Waals surface area contributed by atoms with Gasteiger partial charge < -0.3 is 4.18 Å². The summed E-state index contributed by atoms with van der Waals surface area (Å²) in [5, 5.41) is 0.242. The molecule has 3 aromatic rings. The molecule has 0 bridgehead atoms. The number of hydrogen-bond acceptors (Lipinski definition) is 4. The molecule has 9 heteroatoms. The summed E-state index contributed by atoms with van der Waals surface area (Å²) in [6.45, 7) is 0. The second-order valence-electron chi connectivity index (χ2n) is 5.01. The maximum absolute atomic E-state index is 12.8. The number of rotatable bonds is 3. The van der Waals surface area contributed by atoms with Crippen LogP contribution in [0.1, 0.15) is 5.56 Å². The molecular weight excluding hydrogens is 379 g/mol. The molecule has 0 saturated carbocycles. The van der Waals surface area contributed by atoms with Crippen molar-refractivity contribution in [3.8, 4) is 5.75 Å². The predicted molar refractivity (Wildman–Crippen MR) is 86.0 cm³/mol. The third-order valence-corrected chi connectivity index (χ3v) is 5.04. The Bertz CT molecular complexity index is 1050. The van der Waals surface area contributed by atoms with Crippen molar-refractivity contribution in [2.24, 2.45) is 0 Å². The Hall–Kier alpha value is -2.32. The molecule has 0 unspecified atom stereocenters. The van der Waals surface area contributed by atoms with Gasteiger partial charge in [-0.1, -0.05) is 29.8 Å². The van der Waals surface area contributed by atoms with Crippen LogP contribution < -0.4 is 4.18 Å². The lowest BCUT2D eigenvalue weighted by atomic mass is 10.2. The van der Waals surface area contributed by atoms with Gasteiger partial charge in [0.15, 0.2) is 5.75 Å². The number of benzene rings is 2. The van der Waals surface area contributed by atoms with E-state index < -0.39 is 26.8 Å². The molecule has 0 aliphatic heterocycles. The highest BCUT2D eigenvalue weighted by molar-refractivity contribution is 7.87. The summed E-state index contributed by atoms with van der Waals surface area (Å²) in [4.78, 5) is 3.27. The third kappa shape index (κ3) is 3.54. The van der Waals surface area contributed by atoms with Crippen molar-refractivity contribution >= 4 is 32.6 Å². The number of pyridine rings is 1. The van der Waals surface area contributed by atoms with Gasteiger partial charge in [0.1, 0.15) is 10.4 Å². The molecule has 0 N–H and O–H groups in total. The Morgan fingerprint density at radius 2 is 1.76 bits per heavy atom. The first-order valence-corrected chi connectivity index (χ1v) is 8.62. The fourth-order valence-corrected chi connectivity index (χ4v) is 3.62. The van der Waals surface area contributed by atoms with E-state index in [-0.39, 0.29) is 16.3 Å². The Labute approximate surface area is 146 Å². The SMILES string of the molecule is O=S(=O)(Oc1cccc2cccnc12)c1cc(C(F)(F)F)ccc1Cl. The quantitative estimate of drug-likeness (QED) is 0.612. The third-order valence-electron chi connectivity index (χ3n) is 3.32. The molecule has 2 aromatic carbocycles. The first-order chi connectivity index (χ1) is 11.7. The van der Waals surface area contributed by atoms with E-state index in [1.807, 2.05) is 0 Å². The zero-order valence-corrected chi connectivity index (χ0v) is 13.9. The summed E-state index contributed by atoms with van der Waals surface area (Å²) < 4.78 is 68.4. The zero-order chi connectivity index (χ0) is 18.2. The summed E-state index contributed by atoms with van der Waals surface area (Å²) in [7, 11) is -4.59. The smallest absolute Gasteiger partial charge is 0.377 e. The number of hydrogen-bond donors (Lipinski definition) is 0.